The van der Waals surface area contributed by atoms with Crippen LogP contribution >= 0.6 is 0 Å². The molecular formula is C19H25N3O. The first-order valence-corrected chi connectivity index (χ1v) is 8.01. The van der Waals surface area contributed by atoms with Crippen LogP contribution in [0.3, 0.4) is 0 Å². The zero-order valence-corrected chi connectivity index (χ0v) is 14.1. The number of imidazole rings is 1. The fraction of sp³-hybridized carbons (Fsp3) is 0.368. The number of nitrogens with zero attached hydrogens (tertiary/aromatic N) is 2. The van der Waals surface area contributed by atoms with Gasteiger partial charge in [0, 0.05) is 11.3 Å². The van der Waals surface area contributed by atoms with E-state index in [9.17, 15) is 4.79 Å². The van der Waals surface area contributed by atoms with Gasteiger partial charge in [-0.1, -0.05) is 48.9 Å². The van der Waals surface area contributed by atoms with Crippen LogP contribution in [0.4, 0.5) is 0 Å². The topological polar surface area (TPSA) is 60.9 Å². The van der Waals surface area contributed by atoms with Crippen LogP contribution in [0.5, 0.6) is 0 Å². The maximum Gasteiger partial charge on any atom is 0.237 e. The van der Waals surface area contributed by atoms with Crippen molar-refractivity contribution in [1.29, 1.82) is 0 Å². The second kappa shape index (κ2) is 7.77. The van der Waals surface area contributed by atoms with E-state index in [0.29, 0.717) is 5.92 Å². The fourth-order valence-corrected chi connectivity index (χ4v) is 2.78. The van der Waals surface area contributed by atoms with Gasteiger partial charge in [0.05, 0.1) is 12.0 Å². The minimum Gasteiger partial charge on any atom is -0.368 e. The number of benzene rings is 1. The smallest absolute Gasteiger partial charge is 0.237 e. The van der Waals surface area contributed by atoms with Crippen LogP contribution in [-0.4, -0.2) is 15.5 Å². The molecule has 2 rings (SSSR count). The van der Waals surface area contributed by atoms with Gasteiger partial charge in [0.25, 0.3) is 0 Å². The van der Waals surface area contributed by atoms with Crippen molar-refractivity contribution in [3.05, 3.63) is 54.0 Å². The Morgan fingerprint density at radius 1 is 1.30 bits per heavy atom. The third-order valence-electron chi connectivity index (χ3n) is 3.87. The predicted molar refractivity (Wildman–Crippen MR) is 93.9 cm³/mol. The molecule has 0 unspecified atom stereocenters. The number of primary amides is 1. The summed E-state index contributed by atoms with van der Waals surface area (Å²) in [5.74, 6) is -0.0533. The first kappa shape index (κ1) is 17.0. The van der Waals surface area contributed by atoms with E-state index in [4.69, 9.17) is 5.73 Å². The molecule has 4 nitrogen and oxygen atoms in total. The monoisotopic (exact) mass is 311 g/mol. The second-order valence-electron chi connectivity index (χ2n) is 6.20. The first-order chi connectivity index (χ1) is 11.0. The van der Waals surface area contributed by atoms with Crippen molar-refractivity contribution in [2.45, 2.75) is 46.1 Å². The fourth-order valence-electron chi connectivity index (χ4n) is 2.78. The van der Waals surface area contributed by atoms with Gasteiger partial charge >= 0.3 is 0 Å². The van der Waals surface area contributed by atoms with Gasteiger partial charge in [0.2, 0.25) is 5.91 Å². The summed E-state index contributed by atoms with van der Waals surface area (Å²) in [5.41, 5.74) is 9.80. The number of aromatic nitrogens is 2. The Labute approximate surface area is 138 Å². The average Bonchev–Trinajstić information content (AvgIpc) is 2.90. The Morgan fingerprint density at radius 3 is 2.61 bits per heavy atom. The molecule has 0 aliphatic rings. The van der Waals surface area contributed by atoms with Crippen LogP contribution in [0.25, 0.3) is 11.3 Å². The molecule has 0 saturated heterocycles. The Bertz CT molecular complexity index is 682. The Kier molecular flexibility index (Phi) is 5.74. The highest BCUT2D eigenvalue weighted by Gasteiger charge is 2.19. The zero-order valence-electron chi connectivity index (χ0n) is 14.1. The number of amides is 1. The lowest BCUT2D eigenvalue weighted by atomic mass is 9.96. The van der Waals surface area contributed by atoms with Crippen LogP contribution in [0.15, 0.2) is 48.3 Å². The maximum absolute atomic E-state index is 11.4. The van der Waals surface area contributed by atoms with E-state index in [1.807, 2.05) is 34.9 Å². The number of nitrogens with two attached hydrogens (primary N) is 1. The normalized spacial score (nSPS) is 12.0. The molecule has 1 heterocycles. The van der Waals surface area contributed by atoms with Gasteiger partial charge in [0.1, 0.15) is 6.54 Å². The van der Waals surface area contributed by atoms with Crippen LogP contribution in [0, 0.1) is 0 Å². The molecule has 1 atom stereocenters. The predicted octanol–water partition coefficient (Wildman–Crippen LogP) is 3.89. The van der Waals surface area contributed by atoms with Crippen molar-refractivity contribution < 1.29 is 4.79 Å². The molecule has 0 spiro atoms. The molecule has 2 N–H and O–H groups in total. The van der Waals surface area contributed by atoms with E-state index in [-0.39, 0.29) is 12.5 Å². The molecule has 0 saturated carbocycles. The van der Waals surface area contributed by atoms with Gasteiger partial charge in [-0.3, -0.25) is 4.79 Å². The third-order valence-corrected chi connectivity index (χ3v) is 3.87. The summed E-state index contributed by atoms with van der Waals surface area (Å²) >= 11 is 0. The van der Waals surface area contributed by atoms with Crippen LogP contribution in [0.2, 0.25) is 0 Å². The molecular weight excluding hydrogens is 286 g/mol. The molecule has 0 aliphatic heterocycles. The molecule has 1 aromatic heterocycles. The molecule has 1 aromatic carbocycles. The van der Waals surface area contributed by atoms with Crippen molar-refractivity contribution in [3.8, 4) is 11.3 Å². The van der Waals surface area contributed by atoms with Crippen molar-refractivity contribution in [1.82, 2.24) is 9.55 Å². The van der Waals surface area contributed by atoms with Gasteiger partial charge in [-0.05, 0) is 32.6 Å². The summed E-state index contributed by atoms with van der Waals surface area (Å²) in [6.45, 7) is 6.57. The van der Waals surface area contributed by atoms with E-state index in [1.54, 1.807) is 6.33 Å². The first-order valence-electron chi connectivity index (χ1n) is 8.01. The number of hydrogen-bond donors (Lipinski definition) is 1. The number of hydrogen-bond acceptors (Lipinski definition) is 2. The largest absolute Gasteiger partial charge is 0.368 e. The summed E-state index contributed by atoms with van der Waals surface area (Å²) in [6, 6.07) is 10.1. The number of allylic oxidation sites excluding steroid dienone is 2. The Morgan fingerprint density at radius 2 is 2.00 bits per heavy atom. The minimum atomic E-state index is -0.347. The van der Waals surface area contributed by atoms with Gasteiger partial charge in [-0.25, -0.2) is 4.98 Å². The highest BCUT2D eigenvalue weighted by atomic mass is 16.1. The van der Waals surface area contributed by atoms with Crippen molar-refractivity contribution in [2.24, 2.45) is 5.73 Å². The highest BCUT2D eigenvalue weighted by Crippen LogP contribution is 2.31. The quantitative estimate of drug-likeness (QED) is 0.789. The van der Waals surface area contributed by atoms with Gasteiger partial charge in [-0.15, -0.1) is 0 Å². The van der Waals surface area contributed by atoms with Gasteiger partial charge < -0.3 is 10.3 Å². The molecule has 0 radical (unpaired) electrons. The lowest BCUT2D eigenvalue weighted by Crippen LogP contribution is -2.20. The highest BCUT2D eigenvalue weighted by molar-refractivity contribution is 5.74. The van der Waals surface area contributed by atoms with Crippen LogP contribution in [0.1, 0.15) is 45.2 Å². The van der Waals surface area contributed by atoms with Gasteiger partial charge in [-0.2, -0.15) is 0 Å². The van der Waals surface area contributed by atoms with Gasteiger partial charge in [0.15, 0.2) is 0 Å². The Balaban J connectivity index is 2.34. The zero-order chi connectivity index (χ0) is 16.8. The van der Waals surface area contributed by atoms with E-state index < -0.39 is 0 Å². The van der Waals surface area contributed by atoms with E-state index in [1.165, 1.54) is 5.57 Å². The second-order valence-corrected chi connectivity index (χ2v) is 6.20. The third kappa shape index (κ3) is 4.55. The molecule has 122 valence electrons. The molecule has 23 heavy (non-hydrogen) atoms. The van der Waals surface area contributed by atoms with Crippen molar-refractivity contribution in [3.63, 3.8) is 0 Å². The minimum absolute atomic E-state index is 0.169. The number of carbonyl (C=O) groups is 1. The lowest BCUT2D eigenvalue weighted by molar-refractivity contribution is -0.118. The molecule has 0 aliphatic carbocycles. The van der Waals surface area contributed by atoms with Crippen molar-refractivity contribution in [2.75, 3.05) is 0 Å². The maximum atomic E-state index is 11.4. The van der Waals surface area contributed by atoms with E-state index >= 15 is 0 Å². The summed E-state index contributed by atoms with van der Waals surface area (Å²) in [7, 11) is 0. The number of rotatable bonds is 7. The Hall–Kier alpha value is -2.36. The molecule has 1 amide bonds. The molecule has 4 heteroatoms. The van der Waals surface area contributed by atoms with Crippen molar-refractivity contribution >= 4 is 5.91 Å². The summed E-state index contributed by atoms with van der Waals surface area (Å²) in [5, 5.41) is 0. The van der Waals surface area contributed by atoms with Crippen LogP contribution < -0.4 is 5.73 Å². The molecule has 0 bridgehead atoms. The summed E-state index contributed by atoms with van der Waals surface area (Å²) in [4.78, 5) is 15.9. The van der Waals surface area contributed by atoms with E-state index in [2.05, 4.69) is 31.8 Å². The molecule has 0 fully saturated rings. The summed E-state index contributed by atoms with van der Waals surface area (Å²) < 4.78 is 1.89. The SMILES string of the molecule is CC(C)=CCC[C@H](C)c1c(-c2ccccc2)ncn1CC(N)=O. The van der Waals surface area contributed by atoms with Crippen LogP contribution in [-0.2, 0) is 11.3 Å². The van der Waals surface area contributed by atoms with E-state index in [0.717, 1.165) is 29.8 Å². The molecule has 2 aromatic rings. The lowest BCUT2D eigenvalue weighted by Gasteiger charge is -2.16. The summed E-state index contributed by atoms with van der Waals surface area (Å²) in [6.07, 6.45) is 5.99. The number of carbonyl (C=O) groups excluding carboxylic acids is 1. The average molecular weight is 311 g/mol. The standard InChI is InChI=1S/C19H25N3O/c1-14(2)8-7-9-15(3)19-18(16-10-5-4-6-11-16)21-13-22(19)12-17(20)23/h4-6,8,10-11,13,15H,7,9,12H2,1-3H3,(H2,20,23)/t15-/m0/s1.